The molecule has 5 heteroatoms. The van der Waals surface area contributed by atoms with Crippen LogP contribution < -0.4 is 5.32 Å². The average Bonchev–Trinajstić information content (AvgIpc) is 3.09. The number of aryl methyl sites for hydroxylation is 2. The fourth-order valence-corrected chi connectivity index (χ4v) is 3.07. The Bertz CT molecular complexity index is 965. The van der Waals surface area contributed by atoms with Crippen LogP contribution in [0.1, 0.15) is 16.1 Å². The summed E-state index contributed by atoms with van der Waals surface area (Å²) in [5, 5.41) is 15.1. The molecule has 3 rings (SSSR count). The van der Waals surface area contributed by atoms with Crippen LogP contribution in [0.15, 0.2) is 54.0 Å². The lowest BCUT2D eigenvalue weighted by Crippen LogP contribution is -1.92. The third kappa shape index (κ3) is 3.93. The number of benzene rings is 2. The highest BCUT2D eigenvalue weighted by Gasteiger charge is 2.09. The van der Waals surface area contributed by atoms with E-state index >= 15 is 0 Å². The predicted molar refractivity (Wildman–Crippen MR) is 101 cm³/mol. The molecule has 0 aliphatic heterocycles. The number of thiazole rings is 1. The van der Waals surface area contributed by atoms with Gasteiger partial charge in [0.15, 0.2) is 0 Å². The molecule has 3 aromatic rings. The lowest BCUT2D eigenvalue weighted by Gasteiger charge is -2.05. The van der Waals surface area contributed by atoms with E-state index in [1.54, 1.807) is 18.3 Å². The highest BCUT2D eigenvalue weighted by Crippen LogP contribution is 2.26. The molecule has 1 aromatic heterocycles. The normalized spacial score (nSPS) is 11.2. The minimum Gasteiger partial charge on any atom is -0.360 e. The number of nitriles is 1. The number of allylic oxidation sites excluding steroid dienone is 1. The van der Waals surface area contributed by atoms with Crippen molar-refractivity contribution in [3.05, 3.63) is 76.0 Å². The summed E-state index contributed by atoms with van der Waals surface area (Å²) in [6.45, 7) is 4.10. The molecule has 0 atom stereocenters. The summed E-state index contributed by atoms with van der Waals surface area (Å²) in [4.78, 5) is 4.49. The van der Waals surface area contributed by atoms with Crippen molar-refractivity contribution in [2.75, 3.05) is 5.32 Å². The first-order valence-corrected chi connectivity index (χ1v) is 8.60. The SMILES string of the molecule is Cc1ccc(N/C=C(\C#N)c2nc(-c3ccc(F)cc3)cs2)cc1C. The summed E-state index contributed by atoms with van der Waals surface area (Å²) in [6, 6.07) is 14.4. The van der Waals surface area contributed by atoms with Crippen molar-refractivity contribution in [1.29, 1.82) is 5.26 Å². The molecule has 2 aromatic carbocycles. The third-order valence-corrected chi connectivity index (χ3v) is 4.76. The van der Waals surface area contributed by atoms with Crippen molar-refractivity contribution in [2.45, 2.75) is 13.8 Å². The molecule has 0 saturated carbocycles. The first-order chi connectivity index (χ1) is 12.1. The molecule has 1 heterocycles. The highest BCUT2D eigenvalue weighted by molar-refractivity contribution is 7.11. The van der Waals surface area contributed by atoms with Crippen LogP contribution in [0.25, 0.3) is 16.8 Å². The molecule has 0 bridgehead atoms. The van der Waals surface area contributed by atoms with Gasteiger partial charge >= 0.3 is 0 Å². The molecule has 0 amide bonds. The van der Waals surface area contributed by atoms with Crippen LogP contribution in [-0.4, -0.2) is 4.98 Å². The number of nitrogens with zero attached hydrogens (tertiary/aromatic N) is 2. The van der Waals surface area contributed by atoms with Gasteiger partial charge in [-0.25, -0.2) is 9.37 Å². The fraction of sp³-hybridized carbons (Fsp3) is 0.100. The maximum atomic E-state index is 13.0. The fourth-order valence-electron chi connectivity index (χ4n) is 2.28. The topological polar surface area (TPSA) is 48.7 Å². The minimum absolute atomic E-state index is 0.283. The molecule has 0 aliphatic carbocycles. The van der Waals surface area contributed by atoms with Crippen LogP contribution in [0.5, 0.6) is 0 Å². The second-order valence-corrected chi connectivity index (χ2v) is 6.52. The van der Waals surface area contributed by atoms with E-state index in [2.05, 4.69) is 23.3 Å². The third-order valence-electron chi connectivity index (χ3n) is 3.89. The molecule has 0 saturated heterocycles. The van der Waals surface area contributed by atoms with E-state index in [1.165, 1.54) is 34.6 Å². The Morgan fingerprint density at radius 1 is 1.16 bits per heavy atom. The number of aromatic nitrogens is 1. The maximum Gasteiger partial charge on any atom is 0.136 e. The van der Waals surface area contributed by atoms with Gasteiger partial charge in [0.2, 0.25) is 0 Å². The van der Waals surface area contributed by atoms with Crippen molar-refractivity contribution in [3.8, 4) is 17.3 Å². The lowest BCUT2D eigenvalue weighted by molar-refractivity contribution is 0.628. The highest BCUT2D eigenvalue weighted by atomic mass is 32.1. The Morgan fingerprint density at radius 2 is 1.92 bits per heavy atom. The first kappa shape index (κ1) is 16.9. The zero-order valence-corrected chi connectivity index (χ0v) is 14.7. The summed E-state index contributed by atoms with van der Waals surface area (Å²) >= 11 is 1.39. The van der Waals surface area contributed by atoms with Gasteiger partial charge in [0, 0.05) is 22.8 Å². The van der Waals surface area contributed by atoms with Crippen LogP contribution >= 0.6 is 11.3 Å². The number of hydrogen-bond acceptors (Lipinski definition) is 4. The van der Waals surface area contributed by atoms with E-state index in [0.717, 1.165) is 16.9 Å². The maximum absolute atomic E-state index is 13.0. The molecular formula is C20H16FN3S. The molecule has 0 radical (unpaired) electrons. The van der Waals surface area contributed by atoms with Crippen molar-refractivity contribution >= 4 is 22.6 Å². The van der Waals surface area contributed by atoms with E-state index in [4.69, 9.17) is 0 Å². The van der Waals surface area contributed by atoms with Gasteiger partial charge in [0.1, 0.15) is 22.5 Å². The van der Waals surface area contributed by atoms with E-state index in [-0.39, 0.29) is 5.82 Å². The van der Waals surface area contributed by atoms with Crippen LogP contribution in [0.4, 0.5) is 10.1 Å². The molecular weight excluding hydrogens is 333 g/mol. The van der Waals surface area contributed by atoms with Gasteiger partial charge < -0.3 is 5.32 Å². The van der Waals surface area contributed by atoms with Crippen LogP contribution in [0.3, 0.4) is 0 Å². The Morgan fingerprint density at radius 3 is 2.60 bits per heavy atom. The van der Waals surface area contributed by atoms with Crippen molar-refractivity contribution in [3.63, 3.8) is 0 Å². The second-order valence-electron chi connectivity index (χ2n) is 5.66. The molecule has 0 aliphatic rings. The minimum atomic E-state index is -0.283. The average molecular weight is 349 g/mol. The smallest absolute Gasteiger partial charge is 0.136 e. The molecule has 25 heavy (non-hydrogen) atoms. The molecule has 124 valence electrons. The van der Waals surface area contributed by atoms with Crippen LogP contribution in [0.2, 0.25) is 0 Å². The van der Waals surface area contributed by atoms with Gasteiger partial charge in [-0.2, -0.15) is 5.26 Å². The predicted octanol–water partition coefficient (Wildman–Crippen LogP) is 5.54. The van der Waals surface area contributed by atoms with Crippen LogP contribution in [-0.2, 0) is 0 Å². The number of halogens is 1. The van der Waals surface area contributed by atoms with Gasteiger partial charge in [-0.3, -0.25) is 0 Å². The zero-order valence-electron chi connectivity index (χ0n) is 13.9. The standard InChI is InChI=1S/C20H16FN3S/c1-13-3-8-18(9-14(13)2)23-11-16(10-22)20-24-19(12-25-20)15-4-6-17(21)7-5-15/h3-9,11-12,23H,1-2H3/b16-11+. The monoisotopic (exact) mass is 349 g/mol. The molecule has 0 fully saturated rings. The molecule has 1 N–H and O–H groups in total. The van der Waals surface area contributed by atoms with Crippen molar-refractivity contribution in [1.82, 2.24) is 4.98 Å². The van der Waals surface area contributed by atoms with Gasteiger partial charge in [0.05, 0.1) is 5.69 Å². The number of hydrogen-bond donors (Lipinski definition) is 1. The Balaban J connectivity index is 1.82. The summed E-state index contributed by atoms with van der Waals surface area (Å²) in [7, 11) is 0. The molecule has 3 nitrogen and oxygen atoms in total. The number of nitrogens with one attached hydrogen (secondary N) is 1. The Labute approximate surface area is 150 Å². The van der Waals surface area contributed by atoms with E-state index in [9.17, 15) is 9.65 Å². The van der Waals surface area contributed by atoms with Gasteiger partial charge in [-0.05, 0) is 61.4 Å². The number of anilines is 1. The Hall–Kier alpha value is -2.97. The van der Waals surface area contributed by atoms with Crippen molar-refractivity contribution in [2.24, 2.45) is 0 Å². The summed E-state index contributed by atoms with van der Waals surface area (Å²) in [5.74, 6) is -0.283. The van der Waals surface area contributed by atoms with Gasteiger partial charge in [0.25, 0.3) is 0 Å². The summed E-state index contributed by atoms with van der Waals surface area (Å²) in [5.41, 5.74) is 5.34. The second kappa shape index (κ2) is 7.29. The first-order valence-electron chi connectivity index (χ1n) is 7.73. The Kier molecular flexibility index (Phi) is 4.92. The van der Waals surface area contributed by atoms with E-state index in [1.807, 2.05) is 30.5 Å². The lowest BCUT2D eigenvalue weighted by atomic mass is 10.1. The molecule has 0 unspecified atom stereocenters. The van der Waals surface area contributed by atoms with Gasteiger partial charge in [-0.1, -0.05) is 6.07 Å². The summed E-state index contributed by atoms with van der Waals surface area (Å²) in [6.07, 6.45) is 1.66. The van der Waals surface area contributed by atoms with E-state index < -0.39 is 0 Å². The number of rotatable bonds is 4. The van der Waals surface area contributed by atoms with Crippen molar-refractivity contribution < 1.29 is 4.39 Å². The van der Waals surface area contributed by atoms with Gasteiger partial charge in [-0.15, -0.1) is 11.3 Å². The van der Waals surface area contributed by atoms with Crippen LogP contribution in [0, 0.1) is 31.0 Å². The van der Waals surface area contributed by atoms with E-state index in [0.29, 0.717) is 10.6 Å². The zero-order chi connectivity index (χ0) is 17.8. The molecule has 0 spiro atoms. The largest absolute Gasteiger partial charge is 0.360 e. The summed E-state index contributed by atoms with van der Waals surface area (Å²) < 4.78 is 13.0. The quantitative estimate of drug-likeness (QED) is 0.629.